The third-order valence-corrected chi connectivity index (χ3v) is 8.60. The van der Waals surface area contributed by atoms with Gasteiger partial charge in [-0.25, -0.2) is 8.42 Å². The lowest BCUT2D eigenvalue weighted by Crippen LogP contribution is -2.51. The highest BCUT2D eigenvalue weighted by Gasteiger charge is 2.37. The van der Waals surface area contributed by atoms with Crippen molar-refractivity contribution < 1.29 is 17.9 Å². The minimum atomic E-state index is -3.57. The van der Waals surface area contributed by atoms with E-state index in [2.05, 4.69) is 0 Å². The maximum absolute atomic E-state index is 13.4. The molecule has 2 heterocycles. The number of aryl methyl sites for hydroxylation is 2. The predicted molar refractivity (Wildman–Crippen MR) is 113 cm³/mol. The summed E-state index contributed by atoms with van der Waals surface area (Å²) in [6.45, 7) is 13.6. The summed E-state index contributed by atoms with van der Waals surface area (Å²) in [5, 5.41) is 0. The first-order valence-corrected chi connectivity index (χ1v) is 12.0. The number of morpholine rings is 1. The van der Waals surface area contributed by atoms with E-state index in [1.165, 1.54) is 0 Å². The molecule has 0 bridgehead atoms. The summed E-state index contributed by atoms with van der Waals surface area (Å²) < 4.78 is 34.1. The van der Waals surface area contributed by atoms with Gasteiger partial charge in [-0.05, 0) is 76.6 Å². The molecule has 29 heavy (non-hydrogen) atoms. The molecule has 2 fully saturated rings. The average molecular weight is 423 g/mol. The zero-order chi connectivity index (χ0) is 21.5. The first-order valence-electron chi connectivity index (χ1n) is 10.5. The van der Waals surface area contributed by atoms with E-state index in [1.54, 1.807) is 4.31 Å². The van der Waals surface area contributed by atoms with Crippen molar-refractivity contribution in [1.29, 1.82) is 0 Å². The van der Waals surface area contributed by atoms with Crippen molar-refractivity contribution in [1.82, 2.24) is 9.21 Å². The molecular formula is C22H34N2O4S. The van der Waals surface area contributed by atoms with E-state index in [1.807, 2.05) is 52.5 Å². The van der Waals surface area contributed by atoms with Gasteiger partial charge in [-0.2, -0.15) is 4.31 Å². The summed E-state index contributed by atoms with van der Waals surface area (Å²) in [7, 11) is -3.57. The Morgan fingerprint density at radius 1 is 0.966 bits per heavy atom. The molecule has 2 aliphatic rings. The third-order valence-electron chi connectivity index (χ3n) is 6.43. The average Bonchev–Trinajstić information content (AvgIpc) is 2.65. The van der Waals surface area contributed by atoms with Crippen LogP contribution in [0.5, 0.6) is 0 Å². The van der Waals surface area contributed by atoms with Crippen LogP contribution in [0.3, 0.4) is 0 Å². The Balaban J connectivity index is 1.73. The fourth-order valence-corrected chi connectivity index (χ4v) is 6.70. The molecule has 1 aromatic carbocycles. The van der Waals surface area contributed by atoms with Crippen LogP contribution in [0.25, 0.3) is 0 Å². The Bertz CT molecular complexity index is 852. The van der Waals surface area contributed by atoms with Crippen LogP contribution >= 0.6 is 0 Å². The topological polar surface area (TPSA) is 66.9 Å². The molecular weight excluding hydrogens is 388 g/mol. The summed E-state index contributed by atoms with van der Waals surface area (Å²) in [5.41, 5.74) is 3.63. The molecule has 7 heteroatoms. The molecule has 2 aliphatic heterocycles. The number of rotatable bonds is 3. The lowest BCUT2D eigenvalue weighted by molar-refractivity contribution is -0.148. The molecule has 162 valence electrons. The smallest absolute Gasteiger partial charge is 0.243 e. The Morgan fingerprint density at radius 3 is 1.93 bits per heavy atom. The molecule has 0 spiro atoms. The number of benzene rings is 1. The van der Waals surface area contributed by atoms with Crippen LogP contribution in [0.4, 0.5) is 0 Å². The number of amides is 1. The van der Waals surface area contributed by atoms with Gasteiger partial charge >= 0.3 is 0 Å². The Labute approximate surface area is 175 Å². The van der Waals surface area contributed by atoms with E-state index in [0.29, 0.717) is 43.9 Å². The highest BCUT2D eigenvalue weighted by Crippen LogP contribution is 2.31. The number of nitrogens with zero attached hydrogens (tertiary/aromatic N) is 2. The van der Waals surface area contributed by atoms with E-state index in [0.717, 1.165) is 22.3 Å². The van der Waals surface area contributed by atoms with Gasteiger partial charge in [0.1, 0.15) is 0 Å². The molecule has 1 aromatic rings. The number of hydrogen-bond donors (Lipinski definition) is 0. The van der Waals surface area contributed by atoms with Crippen molar-refractivity contribution in [2.45, 2.75) is 71.5 Å². The first-order chi connectivity index (χ1) is 13.5. The maximum atomic E-state index is 13.4. The summed E-state index contributed by atoms with van der Waals surface area (Å²) in [6, 6.07) is 2.04. The highest BCUT2D eigenvalue weighted by molar-refractivity contribution is 7.89. The summed E-state index contributed by atoms with van der Waals surface area (Å²) in [4.78, 5) is 15.3. The molecule has 0 saturated carbocycles. The fraction of sp³-hybridized carbons (Fsp3) is 0.682. The van der Waals surface area contributed by atoms with E-state index in [9.17, 15) is 13.2 Å². The van der Waals surface area contributed by atoms with Crippen molar-refractivity contribution in [3.05, 3.63) is 28.3 Å². The van der Waals surface area contributed by atoms with Crippen LogP contribution in [0.2, 0.25) is 0 Å². The molecule has 0 aliphatic carbocycles. The largest absolute Gasteiger partial charge is 0.372 e. The van der Waals surface area contributed by atoms with Crippen molar-refractivity contribution >= 4 is 15.9 Å². The van der Waals surface area contributed by atoms with Gasteiger partial charge in [-0.15, -0.1) is 0 Å². The van der Waals surface area contributed by atoms with Crippen LogP contribution in [-0.2, 0) is 19.6 Å². The van der Waals surface area contributed by atoms with Gasteiger partial charge in [-0.1, -0.05) is 6.07 Å². The molecule has 1 amide bonds. The van der Waals surface area contributed by atoms with E-state index in [-0.39, 0.29) is 24.0 Å². The number of hydrogen-bond acceptors (Lipinski definition) is 4. The monoisotopic (exact) mass is 422 g/mol. The first kappa shape index (κ1) is 22.2. The van der Waals surface area contributed by atoms with Crippen LogP contribution in [0, 0.1) is 33.6 Å². The second-order valence-electron chi connectivity index (χ2n) is 8.77. The van der Waals surface area contributed by atoms with Gasteiger partial charge in [0, 0.05) is 32.1 Å². The molecule has 0 aromatic heterocycles. The third kappa shape index (κ3) is 4.37. The number of carbonyl (C=O) groups is 1. The van der Waals surface area contributed by atoms with Crippen molar-refractivity contribution in [3.63, 3.8) is 0 Å². The van der Waals surface area contributed by atoms with E-state index in [4.69, 9.17) is 4.74 Å². The van der Waals surface area contributed by atoms with Crippen molar-refractivity contribution in [2.75, 3.05) is 26.2 Å². The molecule has 0 unspecified atom stereocenters. The van der Waals surface area contributed by atoms with Crippen LogP contribution in [-0.4, -0.2) is 61.9 Å². The number of piperidine rings is 1. The molecule has 3 rings (SSSR count). The van der Waals surface area contributed by atoms with Crippen LogP contribution in [0.1, 0.15) is 48.9 Å². The molecule has 6 nitrogen and oxygen atoms in total. The van der Waals surface area contributed by atoms with E-state index < -0.39 is 10.0 Å². The van der Waals surface area contributed by atoms with Crippen LogP contribution < -0.4 is 0 Å². The fourth-order valence-electron chi connectivity index (χ4n) is 4.66. The molecule has 0 N–H and O–H groups in total. The molecule has 0 radical (unpaired) electrons. The van der Waals surface area contributed by atoms with E-state index >= 15 is 0 Å². The Morgan fingerprint density at radius 2 is 1.45 bits per heavy atom. The number of ether oxygens (including phenoxy) is 1. The zero-order valence-corrected chi connectivity index (χ0v) is 19.3. The summed E-state index contributed by atoms with van der Waals surface area (Å²) >= 11 is 0. The lowest BCUT2D eigenvalue weighted by atomic mass is 9.96. The van der Waals surface area contributed by atoms with Gasteiger partial charge in [0.05, 0.1) is 17.1 Å². The Kier molecular flexibility index (Phi) is 6.41. The minimum Gasteiger partial charge on any atom is -0.372 e. The normalized spacial score (nSPS) is 24.7. The minimum absolute atomic E-state index is 0.0404. The number of carbonyl (C=O) groups excluding carboxylic acids is 1. The molecule has 2 saturated heterocycles. The standard InChI is InChI=1S/C22H34N2O4S/c1-14-11-15(2)19(6)21(18(14)5)29(26,27)24-9-7-20(8-10-24)22(25)23-12-16(3)28-17(4)13-23/h11,16-17,20H,7-10,12-13H2,1-6H3/t16-,17+. The molecule has 2 atom stereocenters. The van der Waals surface area contributed by atoms with Crippen LogP contribution in [0.15, 0.2) is 11.0 Å². The summed E-state index contributed by atoms with van der Waals surface area (Å²) in [5.74, 6) is 0.0307. The lowest BCUT2D eigenvalue weighted by Gasteiger charge is -2.39. The zero-order valence-electron chi connectivity index (χ0n) is 18.5. The SMILES string of the molecule is Cc1cc(C)c(C)c(S(=O)(=O)N2CCC(C(=O)N3C[C@@H](C)O[C@@H](C)C3)CC2)c1C. The van der Waals surface area contributed by atoms with Crippen molar-refractivity contribution in [3.8, 4) is 0 Å². The van der Waals surface area contributed by atoms with Gasteiger partial charge in [0.15, 0.2) is 0 Å². The number of sulfonamides is 1. The highest BCUT2D eigenvalue weighted by atomic mass is 32.2. The summed E-state index contributed by atoms with van der Waals surface area (Å²) in [6.07, 6.45) is 1.22. The predicted octanol–water partition coefficient (Wildman–Crippen LogP) is 2.96. The van der Waals surface area contributed by atoms with Gasteiger partial charge in [0.2, 0.25) is 15.9 Å². The van der Waals surface area contributed by atoms with Gasteiger partial charge < -0.3 is 9.64 Å². The van der Waals surface area contributed by atoms with Gasteiger partial charge in [0.25, 0.3) is 0 Å². The van der Waals surface area contributed by atoms with Crippen molar-refractivity contribution in [2.24, 2.45) is 5.92 Å². The maximum Gasteiger partial charge on any atom is 0.243 e. The van der Waals surface area contributed by atoms with Gasteiger partial charge in [-0.3, -0.25) is 4.79 Å². The quantitative estimate of drug-likeness (QED) is 0.751. The Hall–Kier alpha value is -1.44. The second-order valence-corrected chi connectivity index (χ2v) is 10.6. The second kappa shape index (κ2) is 8.36.